The van der Waals surface area contributed by atoms with Crippen molar-refractivity contribution in [2.75, 3.05) is 0 Å². The number of aliphatic hydroxyl groups excluding tert-OH is 1. The summed E-state index contributed by atoms with van der Waals surface area (Å²) in [5.74, 6) is -1.08. The summed E-state index contributed by atoms with van der Waals surface area (Å²) in [4.78, 5) is 0. The second kappa shape index (κ2) is 4.70. The molecule has 0 aliphatic rings. The minimum Gasteiger partial charge on any atom is -0.454 e. The Morgan fingerprint density at radius 1 is 1.40 bits per heavy atom. The first kappa shape index (κ1) is 12.1. The van der Waals surface area contributed by atoms with Crippen LogP contribution in [0.3, 0.4) is 0 Å². The third kappa shape index (κ3) is 3.27. The molecule has 1 unspecified atom stereocenters. The Morgan fingerprint density at radius 2 is 2.07 bits per heavy atom. The van der Waals surface area contributed by atoms with Crippen molar-refractivity contribution in [1.29, 1.82) is 0 Å². The van der Waals surface area contributed by atoms with E-state index in [4.69, 9.17) is 0 Å². The van der Waals surface area contributed by atoms with Gasteiger partial charge in [-0.2, -0.15) is 13.2 Å². The molecule has 5 heteroatoms. The van der Waals surface area contributed by atoms with E-state index in [0.29, 0.717) is 6.42 Å². The van der Waals surface area contributed by atoms with Gasteiger partial charge < -0.3 is 9.52 Å². The van der Waals surface area contributed by atoms with E-state index in [-0.39, 0.29) is 5.76 Å². The second-order valence-electron chi connectivity index (χ2n) is 3.36. The van der Waals surface area contributed by atoms with Crippen molar-refractivity contribution < 1.29 is 22.7 Å². The Morgan fingerprint density at radius 3 is 2.53 bits per heavy atom. The average Bonchev–Trinajstić information content (AvgIpc) is 2.62. The quantitative estimate of drug-likeness (QED) is 0.845. The van der Waals surface area contributed by atoms with Crippen LogP contribution in [0.15, 0.2) is 16.5 Å². The molecule has 0 saturated heterocycles. The Hall–Kier alpha value is -0.970. The highest BCUT2D eigenvalue weighted by Crippen LogP contribution is 2.32. The molecule has 0 spiro atoms. The number of furan rings is 1. The number of rotatable bonds is 4. The average molecular weight is 222 g/mol. The highest BCUT2D eigenvalue weighted by Gasteiger charge is 2.35. The Balaban J connectivity index is 2.67. The maximum Gasteiger partial charge on any atom is 0.449 e. The van der Waals surface area contributed by atoms with Crippen LogP contribution in [-0.4, -0.2) is 5.11 Å². The fraction of sp³-hybridized carbons (Fsp3) is 0.600. The van der Waals surface area contributed by atoms with Crippen LogP contribution < -0.4 is 0 Å². The predicted octanol–water partition coefficient (Wildman–Crippen LogP) is 3.52. The molecule has 0 bridgehead atoms. The summed E-state index contributed by atoms with van der Waals surface area (Å²) in [7, 11) is 0. The highest BCUT2D eigenvalue weighted by atomic mass is 19.4. The van der Waals surface area contributed by atoms with E-state index >= 15 is 0 Å². The zero-order valence-corrected chi connectivity index (χ0v) is 8.34. The number of alkyl halides is 3. The van der Waals surface area contributed by atoms with Gasteiger partial charge in [0.1, 0.15) is 11.9 Å². The number of unbranched alkanes of at least 4 members (excludes halogenated alkanes) is 1. The minimum absolute atomic E-state index is 0.0178. The van der Waals surface area contributed by atoms with Crippen LogP contribution in [0.5, 0.6) is 0 Å². The van der Waals surface area contributed by atoms with Gasteiger partial charge in [0.25, 0.3) is 0 Å². The van der Waals surface area contributed by atoms with Gasteiger partial charge in [0, 0.05) is 0 Å². The van der Waals surface area contributed by atoms with Gasteiger partial charge in [0.2, 0.25) is 5.76 Å². The van der Waals surface area contributed by atoms with Crippen molar-refractivity contribution in [3.8, 4) is 0 Å². The normalized spacial score (nSPS) is 14.2. The summed E-state index contributed by atoms with van der Waals surface area (Å²) in [5.41, 5.74) is 0. The zero-order chi connectivity index (χ0) is 11.5. The van der Waals surface area contributed by atoms with Crippen molar-refractivity contribution in [1.82, 2.24) is 0 Å². The lowest BCUT2D eigenvalue weighted by molar-refractivity contribution is -0.154. The molecule has 86 valence electrons. The van der Waals surface area contributed by atoms with E-state index < -0.39 is 18.0 Å². The molecule has 1 atom stereocenters. The Bertz CT molecular complexity index is 304. The summed E-state index contributed by atoms with van der Waals surface area (Å²) in [6, 6.07) is 2.01. The van der Waals surface area contributed by atoms with Crippen LogP contribution >= 0.6 is 0 Å². The molecular weight excluding hydrogens is 209 g/mol. The Labute approximate surface area is 85.7 Å². The summed E-state index contributed by atoms with van der Waals surface area (Å²) in [5, 5.41) is 9.47. The van der Waals surface area contributed by atoms with Gasteiger partial charge in [0.15, 0.2) is 0 Å². The fourth-order valence-electron chi connectivity index (χ4n) is 1.22. The first-order chi connectivity index (χ1) is 6.95. The summed E-state index contributed by atoms with van der Waals surface area (Å²) in [6.07, 6.45) is -3.38. The van der Waals surface area contributed by atoms with Crippen LogP contribution in [0.25, 0.3) is 0 Å². The van der Waals surface area contributed by atoms with Crippen LogP contribution in [0.2, 0.25) is 0 Å². The number of aliphatic hydroxyl groups is 1. The monoisotopic (exact) mass is 222 g/mol. The molecular formula is C10H13F3O2. The standard InChI is InChI=1S/C10H13F3O2/c1-2-3-4-7(14)8-5-6-9(15-8)10(11,12)13/h5-7,14H,2-4H2,1H3. The molecule has 0 radical (unpaired) electrons. The summed E-state index contributed by atoms with van der Waals surface area (Å²) >= 11 is 0. The maximum absolute atomic E-state index is 12.1. The smallest absolute Gasteiger partial charge is 0.449 e. The lowest BCUT2D eigenvalue weighted by atomic mass is 10.1. The molecule has 2 nitrogen and oxygen atoms in total. The zero-order valence-electron chi connectivity index (χ0n) is 8.34. The number of hydrogen-bond acceptors (Lipinski definition) is 2. The van der Waals surface area contributed by atoms with E-state index in [9.17, 15) is 18.3 Å². The lowest BCUT2D eigenvalue weighted by Crippen LogP contribution is -2.02. The van der Waals surface area contributed by atoms with E-state index in [0.717, 1.165) is 18.9 Å². The SMILES string of the molecule is CCCCC(O)c1ccc(C(F)(F)F)o1. The van der Waals surface area contributed by atoms with E-state index in [1.165, 1.54) is 6.07 Å². The van der Waals surface area contributed by atoms with E-state index in [1.54, 1.807) is 0 Å². The first-order valence-corrected chi connectivity index (χ1v) is 4.80. The van der Waals surface area contributed by atoms with Crippen LogP contribution in [-0.2, 0) is 6.18 Å². The van der Waals surface area contributed by atoms with Crippen molar-refractivity contribution >= 4 is 0 Å². The second-order valence-corrected chi connectivity index (χ2v) is 3.36. The molecule has 1 N–H and O–H groups in total. The van der Waals surface area contributed by atoms with Crippen molar-refractivity contribution in [2.24, 2.45) is 0 Å². The Kier molecular flexibility index (Phi) is 3.79. The van der Waals surface area contributed by atoms with Gasteiger partial charge in [-0.3, -0.25) is 0 Å². The molecule has 1 aromatic rings. The molecule has 1 rings (SSSR count). The topological polar surface area (TPSA) is 33.4 Å². The van der Waals surface area contributed by atoms with E-state index in [1.807, 2.05) is 6.92 Å². The lowest BCUT2D eigenvalue weighted by Gasteiger charge is -2.06. The minimum atomic E-state index is -4.48. The molecule has 0 aliphatic carbocycles. The molecule has 15 heavy (non-hydrogen) atoms. The van der Waals surface area contributed by atoms with Crippen molar-refractivity contribution in [2.45, 2.75) is 38.5 Å². The third-order valence-corrected chi connectivity index (χ3v) is 2.07. The molecule has 1 heterocycles. The van der Waals surface area contributed by atoms with Gasteiger partial charge in [-0.15, -0.1) is 0 Å². The van der Waals surface area contributed by atoms with Gasteiger partial charge in [-0.25, -0.2) is 0 Å². The van der Waals surface area contributed by atoms with Gasteiger partial charge >= 0.3 is 6.18 Å². The van der Waals surface area contributed by atoms with Crippen LogP contribution in [0.1, 0.15) is 43.8 Å². The third-order valence-electron chi connectivity index (χ3n) is 2.07. The molecule has 0 aromatic carbocycles. The van der Waals surface area contributed by atoms with Gasteiger partial charge in [-0.05, 0) is 18.6 Å². The van der Waals surface area contributed by atoms with Crippen LogP contribution in [0.4, 0.5) is 13.2 Å². The molecule has 0 aliphatic heterocycles. The predicted molar refractivity (Wildman–Crippen MR) is 48.2 cm³/mol. The summed E-state index contributed by atoms with van der Waals surface area (Å²) < 4.78 is 41.0. The number of halogens is 3. The maximum atomic E-state index is 12.1. The molecule has 0 fully saturated rings. The number of hydrogen-bond donors (Lipinski definition) is 1. The largest absolute Gasteiger partial charge is 0.454 e. The van der Waals surface area contributed by atoms with Crippen molar-refractivity contribution in [3.05, 3.63) is 23.7 Å². The van der Waals surface area contributed by atoms with Gasteiger partial charge in [0.05, 0.1) is 0 Å². The molecule has 0 saturated carbocycles. The highest BCUT2D eigenvalue weighted by molar-refractivity contribution is 5.11. The molecule has 0 amide bonds. The summed E-state index contributed by atoms with van der Waals surface area (Å²) in [6.45, 7) is 1.94. The fourth-order valence-corrected chi connectivity index (χ4v) is 1.22. The van der Waals surface area contributed by atoms with Crippen molar-refractivity contribution in [3.63, 3.8) is 0 Å². The first-order valence-electron chi connectivity index (χ1n) is 4.80. The molecule has 1 aromatic heterocycles. The van der Waals surface area contributed by atoms with Gasteiger partial charge in [-0.1, -0.05) is 19.8 Å². The van der Waals surface area contributed by atoms with E-state index in [2.05, 4.69) is 4.42 Å². The van der Waals surface area contributed by atoms with Crippen LogP contribution in [0, 0.1) is 0 Å².